The largest absolute Gasteiger partial charge is 0.361 e. The minimum Gasteiger partial charge on any atom is -0.361 e. The fourth-order valence-corrected chi connectivity index (χ4v) is 2.08. The van der Waals surface area contributed by atoms with Gasteiger partial charge < -0.3 is 9.84 Å². The zero-order chi connectivity index (χ0) is 15.5. The molecule has 0 unspecified atom stereocenters. The molecule has 3 aromatic heterocycles. The van der Waals surface area contributed by atoms with E-state index in [1.165, 1.54) is 0 Å². The van der Waals surface area contributed by atoms with Gasteiger partial charge in [-0.1, -0.05) is 11.2 Å². The molecule has 0 saturated carbocycles. The van der Waals surface area contributed by atoms with Crippen LogP contribution in [0.2, 0.25) is 0 Å². The normalized spacial score (nSPS) is 10.6. The van der Waals surface area contributed by atoms with Crippen molar-refractivity contribution in [2.75, 3.05) is 5.32 Å². The highest BCUT2D eigenvalue weighted by atomic mass is 16.5. The molecule has 7 nitrogen and oxygen atoms in total. The van der Waals surface area contributed by atoms with Crippen LogP contribution in [0.15, 0.2) is 41.2 Å². The Morgan fingerprint density at radius 2 is 2.18 bits per heavy atom. The number of rotatable bonds is 4. The number of aromatic nitrogens is 4. The summed E-state index contributed by atoms with van der Waals surface area (Å²) in [4.78, 5) is 16.0. The summed E-state index contributed by atoms with van der Waals surface area (Å²) in [5, 5.41) is 10.9. The molecule has 22 heavy (non-hydrogen) atoms. The van der Waals surface area contributed by atoms with Gasteiger partial charge in [-0.05, 0) is 26.0 Å². The van der Waals surface area contributed by atoms with E-state index in [-0.39, 0.29) is 5.91 Å². The van der Waals surface area contributed by atoms with E-state index in [2.05, 4.69) is 20.6 Å². The maximum Gasteiger partial charge on any atom is 0.275 e. The molecule has 7 heteroatoms. The van der Waals surface area contributed by atoms with Crippen molar-refractivity contribution in [3.05, 3.63) is 59.4 Å². The van der Waals surface area contributed by atoms with Gasteiger partial charge in [0.2, 0.25) is 0 Å². The van der Waals surface area contributed by atoms with Crippen molar-refractivity contribution in [1.82, 2.24) is 19.9 Å². The zero-order valence-corrected chi connectivity index (χ0v) is 12.3. The van der Waals surface area contributed by atoms with E-state index >= 15 is 0 Å². The van der Waals surface area contributed by atoms with Crippen molar-refractivity contribution in [2.24, 2.45) is 0 Å². The van der Waals surface area contributed by atoms with Gasteiger partial charge in [0, 0.05) is 24.0 Å². The third kappa shape index (κ3) is 2.88. The molecular formula is C15H15N5O2. The first kappa shape index (κ1) is 14.0. The lowest BCUT2D eigenvalue weighted by Gasteiger charge is -2.02. The van der Waals surface area contributed by atoms with Crippen molar-refractivity contribution in [1.29, 1.82) is 0 Å². The van der Waals surface area contributed by atoms with Gasteiger partial charge in [0.25, 0.3) is 5.91 Å². The Balaban J connectivity index is 1.70. The van der Waals surface area contributed by atoms with Crippen molar-refractivity contribution in [3.63, 3.8) is 0 Å². The number of amides is 1. The number of hydrogen-bond acceptors (Lipinski definition) is 5. The first-order chi connectivity index (χ1) is 10.6. The van der Waals surface area contributed by atoms with Gasteiger partial charge in [-0.2, -0.15) is 5.10 Å². The smallest absolute Gasteiger partial charge is 0.275 e. The van der Waals surface area contributed by atoms with Gasteiger partial charge in [0.15, 0.2) is 5.82 Å². The lowest BCUT2D eigenvalue weighted by Crippen LogP contribution is -2.14. The van der Waals surface area contributed by atoms with E-state index in [0.29, 0.717) is 18.1 Å². The lowest BCUT2D eigenvalue weighted by atomic mass is 10.2. The van der Waals surface area contributed by atoms with Crippen molar-refractivity contribution in [3.8, 4) is 0 Å². The van der Waals surface area contributed by atoms with E-state index in [4.69, 9.17) is 4.52 Å². The molecular weight excluding hydrogens is 282 g/mol. The first-order valence-corrected chi connectivity index (χ1v) is 6.81. The van der Waals surface area contributed by atoms with E-state index in [0.717, 1.165) is 17.0 Å². The Morgan fingerprint density at radius 1 is 1.32 bits per heavy atom. The summed E-state index contributed by atoms with van der Waals surface area (Å²) in [6, 6.07) is 6.91. The van der Waals surface area contributed by atoms with Crippen LogP contribution in [0, 0.1) is 13.8 Å². The molecule has 3 aromatic rings. The second-order valence-corrected chi connectivity index (χ2v) is 4.87. The molecule has 3 rings (SSSR count). The Bertz CT molecular complexity index is 772. The van der Waals surface area contributed by atoms with Gasteiger partial charge in [0.1, 0.15) is 11.5 Å². The monoisotopic (exact) mass is 297 g/mol. The van der Waals surface area contributed by atoms with E-state index in [1.807, 2.05) is 13.8 Å². The molecule has 112 valence electrons. The van der Waals surface area contributed by atoms with Gasteiger partial charge >= 0.3 is 0 Å². The van der Waals surface area contributed by atoms with E-state index < -0.39 is 0 Å². The van der Waals surface area contributed by atoms with Crippen LogP contribution in [0.3, 0.4) is 0 Å². The molecule has 0 aromatic carbocycles. The number of carbonyl (C=O) groups excluding carboxylic acids is 1. The quantitative estimate of drug-likeness (QED) is 0.797. The van der Waals surface area contributed by atoms with Gasteiger partial charge in [-0.15, -0.1) is 0 Å². The molecule has 0 aliphatic carbocycles. The molecule has 0 radical (unpaired) electrons. The predicted molar refractivity (Wildman–Crippen MR) is 79.5 cm³/mol. The average molecular weight is 297 g/mol. The van der Waals surface area contributed by atoms with Crippen LogP contribution in [-0.4, -0.2) is 25.8 Å². The molecule has 1 N–H and O–H groups in total. The molecule has 3 heterocycles. The molecule has 0 atom stereocenters. The summed E-state index contributed by atoms with van der Waals surface area (Å²) in [6.07, 6.45) is 3.37. The lowest BCUT2D eigenvalue weighted by molar-refractivity contribution is 0.102. The second kappa shape index (κ2) is 5.80. The predicted octanol–water partition coefficient (Wildman–Crippen LogP) is 2.18. The highest BCUT2D eigenvalue weighted by molar-refractivity contribution is 6.02. The van der Waals surface area contributed by atoms with Gasteiger partial charge in [-0.25, -0.2) is 0 Å². The summed E-state index contributed by atoms with van der Waals surface area (Å²) < 4.78 is 6.85. The Hall–Kier alpha value is -2.96. The fraction of sp³-hybridized carbons (Fsp3) is 0.200. The number of anilines is 1. The highest BCUT2D eigenvalue weighted by Gasteiger charge is 2.12. The van der Waals surface area contributed by atoms with E-state index in [9.17, 15) is 4.79 Å². The maximum absolute atomic E-state index is 12.0. The number of nitrogens with zero attached hydrogens (tertiary/aromatic N) is 4. The van der Waals surface area contributed by atoms with E-state index in [1.54, 1.807) is 41.3 Å². The van der Waals surface area contributed by atoms with Crippen molar-refractivity contribution < 1.29 is 9.32 Å². The zero-order valence-electron chi connectivity index (χ0n) is 12.3. The number of hydrogen-bond donors (Lipinski definition) is 1. The Morgan fingerprint density at radius 3 is 2.86 bits per heavy atom. The number of carbonyl (C=O) groups is 1. The molecule has 0 aliphatic rings. The molecule has 0 spiro atoms. The number of aryl methyl sites for hydroxylation is 2. The minimum absolute atomic E-state index is 0.289. The summed E-state index contributed by atoms with van der Waals surface area (Å²) in [6.45, 7) is 4.29. The molecule has 0 aliphatic heterocycles. The Labute approximate surface area is 127 Å². The summed E-state index contributed by atoms with van der Waals surface area (Å²) in [7, 11) is 0. The number of nitrogens with one attached hydrogen (secondary N) is 1. The average Bonchev–Trinajstić information content (AvgIpc) is 3.10. The standard InChI is InChI=1S/C15H15N5O2/c1-10-12(11(2)22-19-10)9-20-8-6-14(18-20)17-15(21)13-5-3-4-7-16-13/h3-8H,9H2,1-2H3,(H,17,18,21). The summed E-state index contributed by atoms with van der Waals surface area (Å²) >= 11 is 0. The SMILES string of the molecule is Cc1noc(C)c1Cn1ccc(NC(=O)c2ccccn2)n1. The molecule has 0 bridgehead atoms. The fourth-order valence-electron chi connectivity index (χ4n) is 2.08. The van der Waals surface area contributed by atoms with Crippen LogP contribution in [0.1, 0.15) is 27.5 Å². The van der Waals surface area contributed by atoms with Crippen molar-refractivity contribution >= 4 is 11.7 Å². The third-order valence-corrected chi connectivity index (χ3v) is 3.28. The van der Waals surface area contributed by atoms with Crippen LogP contribution in [0.5, 0.6) is 0 Å². The van der Waals surface area contributed by atoms with Crippen LogP contribution in [0.4, 0.5) is 5.82 Å². The van der Waals surface area contributed by atoms with Gasteiger partial charge in [0.05, 0.1) is 12.2 Å². The maximum atomic E-state index is 12.0. The van der Waals surface area contributed by atoms with Gasteiger partial charge in [-0.3, -0.25) is 14.5 Å². The van der Waals surface area contributed by atoms with Crippen molar-refractivity contribution in [2.45, 2.75) is 20.4 Å². The van der Waals surface area contributed by atoms with Crippen LogP contribution < -0.4 is 5.32 Å². The van der Waals surface area contributed by atoms with Crippen LogP contribution >= 0.6 is 0 Å². The Kier molecular flexibility index (Phi) is 3.69. The molecule has 0 saturated heterocycles. The second-order valence-electron chi connectivity index (χ2n) is 4.87. The minimum atomic E-state index is -0.289. The van der Waals surface area contributed by atoms with Crippen LogP contribution in [0.25, 0.3) is 0 Å². The molecule has 0 fully saturated rings. The van der Waals surface area contributed by atoms with Crippen LogP contribution in [-0.2, 0) is 6.54 Å². The molecule has 1 amide bonds. The number of pyridine rings is 1. The summed E-state index contributed by atoms with van der Waals surface area (Å²) in [5.74, 6) is 0.956. The summed E-state index contributed by atoms with van der Waals surface area (Å²) in [5.41, 5.74) is 2.18. The topological polar surface area (TPSA) is 85.8 Å². The third-order valence-electron chi connectivity index (χ3n) is 3.28. The highest BCUT2D eigenvalue weighted by Crippen LogP contribution is 2.14. The first-order valence-electron chi connectivity index (χ1n) is 6.81.